The van der Waals surface area contributed by atoms with Gasteiger partial charge in [0, 0.05) is 6.54 Å². The summed E-state index contributed by atoms with van der Waals surface area (Å²) in [5.41, 5.74) is 0.00405. The van der Waals surface area contributed by atoms with Crippen LogP contribution in [0, 0.1) is 0 Å². The van der Waals surface area contributed by atoms with Crippen molar-refractivity contribution in [1.29, 1.82) is 0 Å². The van der Waals surface area contributed by atoms with E-state index < -0.39 is 17.8 Å². The first-order chi connectivity index (χ1) is 8.78. The molecule has 0 aromatic heterocycles. The third kappa shape index (κ3) is 3.15. The molecule has 1 amide bonds. The molecular formula is C14H20FNO3. The van der Waals surface area contributed by atoms with E-state index in [-0.39, 0.29) is 11.9 Å². The Labute approximate surface area is 112 Å². The van der Waals surface area contributed by atoms with Crippen LogP contribution in [0.3, 0.4) is 0 Å². The molecule has 2 rings (SSSR count). The number of carbonyl (C=O) groups excluding carboxylic acids is 1. The summed E-state index contributed by atoms with van der Waals surface area (Å²) in [4.78, 5) is 13.7. The molecule has 2 atom stereocenters. The highest BCUT2D eigenvalue weighted by Crippen LogP contribution is 2.32. The third-order valence-electron chi connectivity index (χ3n) is 3.26. The number of rotatable bonds is 0. The minimum absolute atomic E-state index is 0.293. The van der Waals surface area contributed by atoms with Gasteiger partial charge in [0.1, 0.15) is 11.4 Å². The van der Waals surface area contributed by atoms with Crippen molar-refractivity contribution in [1.82, 2.24) is 4.90 Å². The maximum absolute atomic E-state index is 13.3. The second-order valence-corrected chi connectivity index (χ2v) is 5.96. The number of aliphatic hydroxyl groups is 1. The highest BCUT2D eigenvalue weighted by Gasteiger charge is 2.37. The summed E-state index contributed by atoms with van der Waals surface area (Å²) < 4.78 is 18.6. The van der Waals surface area contributed by atoms with Crippen LogP contribution in [-0.2, 0) is 4.74 Å². The van der Waals surface area contributed by atoms with E-state index in [0.717, 1.165) is 0 Å². The second-order valence-electron chi connectivity index (χ2n) is 5.96. The van der Waals surface area contributed by atoms with E-state index in [1.54, 1.807) is 25.7 Å². The first-order valence-corrected chi connectivity index (χ1v) is 6.53. The zero-order valence-electron chi connectivity index (χ0n) is 11.5. The van der Waals surface area contributed by atoms with Crippen LogP contribution in [0.15, 0.2) is 23.6 Å². The number of halogens is 1. The van der Waals surface area contributed by atoms with Crippen molar-refractivity contribution in [3.05, 3.63) is 23.6 Å². The van der Waals surface area contributed by atoms with E-state index in [4.69, 9.17) is 4.74 Å². The second kappa shape index (κ2) is 4.96. The van der Waals surface area contributed by atoms with Crippen LogP contribution >= 0.6 is 0 Å². The number of fused-ring (bicyclic) bond motifs is 1. The van der Waals surface area contributed by atoms with Crippen molar-refractivity contribution in [3.8, 4) is 0 Å². The smallest absolute Gasteiger partial charge is 0.410 e. The van der Waals surface area contributed by atoms with Crippen molar-refractivity contribution in [2.75, 3.05) is 6.54 Å². The van der Waals surface area contributed by atoms with Crippen LogP contribution in [0.4, 0.5) is 9.18 Å². The zero-order chi connectivity index (χ0) is 14.2. The zero-order valence-corrected chi connectivity index (χ0v) is 11.5. The van der Waals surface area contributed by atoms with Gasteiger partial charge in [-0.25, -0.2) is 9.18 Å². The summed E-state index contributed by atoms with van der Waals surface area (Å²) in [7, 11) is 0. The molecule has 5 heteroatoms. The molecule has 0 radical (unpaired) electrons. The van der Waals surface area contributed by atoms with E-state index in [0.29, 0.717) is 25.0 Å². The van der Waals surface area contributed by atoms with E-state index in [1.807, 2.05) is 0 Å². The maximum atomic E-state index is 13.3. The maximum Gasteiger partial charge on any atom is 0.410 e. The lowest BCUT2D eigenvalue weighted by Crippen LogP contribution is -2.51. The minimum atomic E-state index is -0.678. The van der Waals surface area contributed by atoms with Crippen LogP contribution in [0.5, 0.6) is 0 Å². The van der Waals surface area contributed by atoms with Crippen molar-refractivity contribution in [3.63, 3.8) is 0 Å². The van der Waals surface area contributed by atoms with Gasteiger partial charge in [-0.15, -0.1) is 0 Å². The summed E-state index contributed by atoms with van der Waals surface area (Å²) in [6.07, 6.45) is 2.47. The fourth-order valence-electron chi connectivity index (χ4n) is 2.42. The Hall–Kier alpha value is -1.36. The molecule has 1 heterocycles. The first-order valence-electron chi connectivity index (χ1n) is 6.53. The number of nitrogens with zero attached hydrogens (tertiary/aromatic N) is 1. The number of likely N-dealkylation sites (tertiary alicyclic amines) is 1. The van der Waals surface area contributed by atoms with Crippen LogP contribution < -0.4 is 0 Å². The number of ether oxygens (including phenoxy) is 1. The number of hydrogen-bond donors (Lipinski definition) is 1. The van der Waals surface area contributed by atoms with Gasteiger partial charge in [0.2, 0.25) is 0 Å². The van der Waals surface area contributed by atoms with Gasteiger partial charge in [0.05, 0.1) is 12.1 Å². The van der Waals surface area contributed by atoms with Gasteiger partial charge in [0.25, 0.3) is 0 Å². The number of piperidine rings is 1. The van der Waals surface area contributed by atoms with Crippen molar-refractivity contribution in [2.24, 2.45) is 0 Å². The van der Waals surface area contributed by atoms with E-state index in [2.05, 4.69) is 0 Å². The van der Waals surface area contributed by atoms with Gasteiger partial charge in [-0.3, -0.25) is 0 Å². The standard InChI is InChI=1S/C14H20FNO3/c1-14(2,3)19-13(18)16-7-6-12(17)10-8-9(15)4-5-11(10)16/h4,8,11-12,17H,5-7H2,1-3H3/t11-,12-/m0/s1. The van der Waals surface area contributed by atoms with E-state index in [9.17, 15) is 14.3 Å². The average molecular weight is 269 g/mol. The minimum Gasteiger partial charge on any atom is -0.444 e. The van der Waals surface area contributed by atoms with Crippen LogP contribution in [0.2, 0.25) is 0 Å². The molecule has 19 heavy (non-hydrogen) atoms. The molecule has 1 aliphatic heterocycles. The summed E-state index contributed by atoms with van der Waals surface area (Å²) in [6.45, 7) is 5.84. The number of aliphatic hydroxyl groups excluding tert-OH is 1. The monoisotopic (exact) mass is 269 g/mol. The number of amides is 1. The highest BCUT2D eigenvalue weighted by molar-refractivity contribution is 5.70. The van der Waals surface area contributed by atoms with Crippen LogP contribution in [-0.4, -0.2) is 40.4 Å². The van der Waals surface area contributed by atoms with Crippen LogP contribution in [0.25, 0.3) is 0 Å². The molecule has 2 aliphatic rings. The fourth-order valence-corrected chi connectivity index (χ4v) is 2.42. The van der Waals surface area contributed by atoms with Crippen LogP contribution in [0.1, 0.15) is 33.6 Å². The molecule has 1 saturated heterocycles. The lowest BCUT2D eigenvalue weighted by molar-refractivity contribution is 0.00730. The number of carbonyl (C=O) groups is 1. The van der Waals surface area contributed by atoms with Crippen molar-refractivity contribution >= 4 is 6.09 Å². The Morgan fingerprint density at radius 1 is 1.53 bits per heavy atom. The van der Waals surface area contributed by atoms with E-state index in [1.165, 1.54) is 12.2 Å². The number of allylic oxidation sites excluding steroid dienone is 2. The Balaban J connectivity index is 2.16. The van der Waals surface area contributed by atoms with Gasteiger partial charge in [-0.2, -0.15) is 0 Å². The SMILES string of the molecule is CC(C)(C)OC(=O)N1CC[C@H](O)C2=CC(F)=CC[C@@H]21. The largest absolute Gasteiger partial charge is 0.444 e. The molecule has 0 aromatic rings. The molecule has 0 spiro atoms. The predicted octanol–water partition coefficient (Wildman–Crippen LogP) is 2.54. The Morgan fingerprint density at radius 3 is 2.84 bits per heavy atom. The van der Waals surface area contributed by atoms with Gasteiger partial charge in [-0.05, 0) is 51.3 Å². The Bertz CT molecular complexity index is 436. The van der Waals surface area contributed by atoms with Crippen molar-refractivity contribution in [2.45, 2.75) is 51.4 Å². The molecule has 0 aromatic carbocycles. The molecule has 0 unspecified atom stereocenters. The molecule has 1 aliphatic carbocycles. The molecule has 1 N–H and O–H groups in total. The van der Waals surface area contributed by atoms with Gasteiger partial charge >= 0.3 is 6.09 Å². The van der Waals surface area contributed by atoms with Gasteiger partial charge in [0.15, 0.2) is 0 Å². The summed E-state index contributed by atoms with van der Waals surface area (Å²) >= 11 is 0. The average Bonchev–Trinajstić information content (AvgIpc) is 2.27. The Morgan fingerprint density at radius 2 is 2.21 bits per heavy atom. The molecule has 4 nitrogen and oxygen atoms in total. The molecule has 0 bridgehead atoms. The molecule has 106 valence electrons. The summed E-state index contributed by atoms with van der Waals surface area (Å²) in [6, 6.07) is -0.293. The number of hydrogen-bond acceptors (Lipinski definition) is 3. The normalized spacial score (nSPS) is 27.3. The third-order valence-corrected chi connectivity index (χ3v) is 3.26. The summed E-state index contributed by atoms with van der Waals surface area (Å²) in [5, 5.41) is 9.91. The Kier molecular flexibility index (Phi) is 3.67. The highest BCUT2D eigenvalue weighted by atomic mass is 19.1. The topological polar surface area (TPSA) is 49.8 Å². The molecule has 0 saturated carbocycles. The molecule has 1 fully saturated rings. The quantitative estimate of drug-likeness (QED) is 0.735. The molecular weight excluding hydrogens is 249 g/mol. The van der Waals surface area contributed by atoms with E-state index >= 15 is 0 Å². The lowest BCUT2D eigenvalue weighted by atomic mass is 9.87. The lowest BCUT2D eigenvalue weighted by Gasteiger charge is -2.41. The van der Waals surface area contributed by atoms with Gasteiger partial charge < -0.3 is 14.7 Å². The van der Waals surface area contributed by atoms with Crippen molar-refractivity contribution < 1.29 is 19.0 Å². The fraction of sp³-hybridized carbons (Fsp3) is 0.643. The first kappa shape index (κ1) is 14.1. The predicted molar refractivity (Wildman–Crippen MR) is 69.2 cm³/mol. The van der Waals surface area contributed by atoms with Gasteiger partial charge in [-0.1, -0.05) is 0 Å². The summed E-state index contributed by atoms with van der Waals surface area (Å²) in [5.74, 6) is -0.351.